The molecule has 0 aliphatic heterocycles. The number of carbonyl (C=O) groups is 1. The third-order valence-corrected chi connectivity index (χ3v) is 4.02. The van der Waals surface area contributed by atoms with Crippen molar-refractivity contribution in [3.05, 3.63) is 23.4 Å². The molecular formula is C16H27N3O. The predicted molar refractivity (Wildman–Crippen MR) is 84.3 cm³/mol. The number of aromatic nitrogens is 1. The van der Waals surface area contributed by atoms with Gasteiger partial charge in [0.15, 0.2) is 0 Å². The van der Waals surface area contributed by atoms with Crippen molar-refractivity contribution in [1.29, 1.82) is 0 Å². The number of amides is 1. The molecule has 1 rings (SSSR count). The van der Waals surface area contributed by atoms with Crippen molar-refractivity contribution in [3.63, 3.8) is 0 Å². The number of rotatable bonds is 5. The molecule has 0 fully saturated rings. The third kappa shape index (κ3) is 3.50. The molecule has 4 nitrogen and oxygen atoms in total. The lowest BCUT2D eigenvalue weighted by Gasteiger charge is -2.35. The number of anilines is 1. The van der Waals surface area contributed by atoms with Gasteiger partial charge in [0.2, 0.25) is 0 Å². The van der Waals surface area contributed by atoms with E-state index in [2.05, 4.69) is 44.9 Å². The fraction of sp³-hybridized carbons (Fsp3) is 0.625. The Morgan fingerprint density at radius 2 is 2.00 bits per heavy atom. The smallest absolute Gasteiger partial charge is 0.254 e. The average Bonchev–Trinajstić information content (AvgIpc) is 2.44. The molecule has 1 amide bonds. The minimum atomic E-state index is -0.155. The number of nitrogens with zero attached hydrogens (tertiary/aromatic N) is 2. The molecule has 1 aromatic rings. The largest absolute Gasteiger partial charge is 0.373 e. The van der Waals surface area contributed by atoms with Crippen LogP contribution in [0.4, 0.5) is 5.82 Å². The molecule has 0 bridgehead atoms. The first-order valence-corrected chi connectivity index (χ1v) is 7.20. The highest BCUT2D eigenvalue weighted by Gasteiger charge is 2.27. The van der Waals surface area contributed by atoms with E-state index in [0.717, 1.165) is 17.9 Å². The van der Waals surface area contributed by atoms with Crippen LogP contribution in [-0.2, 0) is 0 Å². The topological polar surface area (TPSA) is 45.2 Å². The van der Waals surface area contributed by atoms with Crippen LogP contribution in [0.2, 0.25) is 0 Å². The lowest BCUT2D eigenvalue weighted by atomic mass is 9.98. The highest BCUT2D eigenvalue weighted by Crippen LogP contribution is 2.22. The molecule has 4 heteroatoms. The van der Waals surface area contributed by atoms with Gasteiger partial charge in [-0.15, -0.1) is 0 Å². The first kappa shape index (κ1) is 16.5. The van der Waals surface area contributed by atoms with Gasteiger partial charge in [-0.3, -0.25) is 4.79 Å². The fourth-order valence-electron chi connectivity index (χ4n) is 1.80. The van der Waals surface area contributed by atoms with E-state index < -0.39 is 0 Å². The third-order valence-electron chi connectivity index (χ3n) is 4.02. The minimum Gasteiger partial charge on any atom is -0.373 e. The zero-order valence-corrected chi connectivity index (χ0v) is 13.7. The van der Waals surface area contributed by atoms with Crippen molar-refractivity contribution in [2.45, 2.75) is 52.5 Å². The Kier molecular flexibility index (Phi) is 5.15. The first-order valence-electron chi connectivity index (χ1n) is 7.20. The average molecular weight is 277 g/mol. The molecule has 1 N–H and O–H groups in total. The van der Waals surface area contributed by atoms with E-state index >= 15 is 0 Å². The molecule has 0 aliphatic carbocycles. The molecular weight excluding hydrogens is 250 g/mol. The van der Waals surface area contributed by atoms with Gasteiger partial charge < -0.3 is 10.2 Å². The molecule has 0 aromatic carbocycles. The van der Waals surface area contributed by atoms with Crippen LogP contribution < -0.4 is 5.32 Å². The first-order chi connectivity index (χ1) is 9.22. The van der Waals surface area contributed by atoms with Crippen LogP contribution in [-0.4, -0.2) is 35.4 Å². The number of carbonyl (C=O) groups excluding carboxylic acids is 1. The van der Waals surface area contributed by atoms with Crippen LogP contribution in [0.5, 0.6) is 0 Å². The summed E-state index contributed by atoms with van der Waals surface area (Å²) in [6.07, 6.45) is 0.913. The summed E-state index contributed by atoms with van der Waals surface area (Å²) in [5, 5.41) is 3.03. The van der Waals surface area contributed by atoms with Gasteiger partial charge in [-0.2, -0.15) is 0 Å². The van der Waals surface area contributed by atoms with Crippen LogP contribution >= 0.6 is 0 Å². The molecule has 0 saturated carbocycles. The van der Waals surface area contributed by atoms with Crippen molar-refractivity contribution < 1.29 is 4.79 Å². The van der Waals surface area contributed by atoms with E-state index in [4.69, 9.17) is 0 Å². The summed E-state index contributed by atoms with van der Waals surface area (Å²) >= 11 is 0. The van der Waals surface area contributed by atoms with E-state index in [1.807, 2.05) is 31.1 Å². The standard InChI is InChI=1S/C16H27N3O/c1-8-16(4,5)19(7)15(20)12-9-13(11(2)3)18-14(10-12)17-6/h9-11H,8H2,1-7H3,(H,17,18). The van der Waals surface area contributed by atoms with E-state index in [9.17, 15) is 4.79 Å². The summed E-state index contributed by atoms with van der Waals surface area (Å²) in [6.45, 7) is 10.4. The monoisotopic (exact) mass is 277 g/mol. The number of pyridine rings is 1. The molecule has 0 radical (unpaired) electrons. The lowest BCUT2D eigenvalue weighted by Crippen LogP contribution is -2.44. The second kappa shape index (κ2) is 6.25. The maximum atomic E-state index is 12.7. The minimum absolute atomic E-state index is 0.0395. The molecule has 0 unspecified atom stereocenters. The molecule has 0 atom stereocenters. The predicted octanol–water partition coefficient (Wildman–Crippen LogP) is 3.51. The highest BCUT2D eigenvalue weighted by molar-refractivity contribution is 5.95. The SMILES string of the molecule is CCC(C)(C)N(C)C(=O)c1cc(NC)nc(C(C)C)c1. The molecule has 1 aromatic heterocycles. The van der Waals surface area contributed by atoms with Gasteiger partial charge in [0.25, 0.3) is 5.91 Å². The zero-order valence-electron chi connectivity index (χ0n) is 13.7. The van der Waals surface area contributed by atoms with E-state index in [1.54, 1.807) is 0 Å². The van der Waals surface area contributed by atoms with Gasteiger partial charge in [0, 0.05) is 30.9 Å². The van der Waals surface area contributed by atoms with Crippen LogP contribution in [0.15, 0.2) is 12.1 Å². The fourth-order valence-corrected chi connectivity index (χ4v) is 1.80. The molecule has 20 heavy (non-hydrogen) atoms. The Morgan fingerprint density at radius 1 is 1.40 bits per heavy atom. The highest BCUT2D eigenvalue weighted by atomic mass is 16.2. The van der Waals surface area contributed by atoms with Gasteiger partial charge in [0.05, 0.1) is 0 Å². The van der Waals surface area contributed by atoms with Crippen molar-refractivity contribution in [1.82, 2.24) is 9.88 Å². The summed E-state index contributed by atoms with van der Waals surface area (Å²) in [7, 11) is 3.68. The summed E-state index contributed by atoms with van der Waals surface area (Å²) in [6, 6.07) is 3.71. The Hall–Kier alpha value is -1.58. The summed E-state index contributed by atoms with van der Waals surface area (Å²) < 4.78 is 0. The molecule has 0 spiro atoms. The Bertz CT molecular complexity index is 481. The van der Waals surface area contributed by atoms with Crippen LogP contribution in [0.3, 0.4) is 0 Å². The van der Waals surface area contributed by atoms with Crippen molar-refractivity contribution in [2.24, 2.45) is 0 Å². The van der Waals surface area contributed by atoms with Crippen molar-refractivity contribution in [3.8, 4) is 0 Å². The molecule has 0 saturated heterocycles. The summed E-state index contributed by atoms with van der Waals surface area (Å²) in [5.41, 5.74) is 1.47. The zero-order chi connectivity index (χ0) is 15.5. The Balaban J connectivity index is 3.18. The maximum Gasteiger partial charge on any atom is 0.254 e. The Morgan fingerprint density at radius 3 is 2.45 bits per heavy atom. The molecule has 1 heterocycles. The number of nitrogens with one attached hydrogen (secondary N) is 1. The second-order valence-corrected chi connectivity index (χ2v) is 6.10. The Labute approximate surface area is 122 Å². The van der Waals surface area contributed by atoms with Gasteiger partial charge in [0.1, 0.15) is 5.82 Å². The lowest BCUT2D eigenvalue weighted by molar-refractivity contribution is 0.0620. The normalized spacial score (nSPS) is 11.6. The maximum absolute atomic E-state index is 12.7. The summed E-state index contributed by atoms with van der Waals surface area (Å²) in [5.74, 6) is 1.07. The number of hydrogen-bond acceptors (Lipinski definition) is 3. The van der Waals surface area contributed by atoms with E-state index in [1.165, 1.54) is 0 Å². The van der Waals surface area contributed by atoms with Gasteiger partial charge in [-0.1, -0.05) is 20.8 Å². The van der Waals surface area contributed by atoms with Crippen molar-refractivity contribution >= 4 is 11.7 Å². The molecule has 0 aliphatic rings. The van der Waals surface area contributed by atoms with Crippen LogP contribution in [0, 0.1) is 0 Å². The summed E-state index contributed by atoms with van der Waals surface area (Å²) in [4.78, 5) is 19.0. The van der Waals surface area contributed by atoms with E-state index in [0.29, 0.717) is 11.5 Å². The number of hydrogen-bond donors (Lipinski definition) is 1. The second-order valence-electron chi connectivity index (χ2n) is 6.10. The van der Waals surface area contributed by atoms with Crippen LogP contribution in [0.25, 0.3) is 0 Å². The van der Waals surface area contributed by atoms with Gasteiger partial charge in [-0.05, 0) is 38.3 Å². The quantitative estimate of drug-likeness (QED) is 0.896. The van der Waals surface area contributed by atoms with E-state index in [-0.39, 0.29) is 11.4 Å². The molecule has 112 valence electrons. The van der Waals surface area contributed by atoms with Crippen LogP contribution in [0.1, 0.15) is 63.0 Å². The van der Waals surface area contributed by atoms with Crippen molar-refractivity contribution in [2.75, 3.05) is 19.4 Å². The van der Waals surface area contributed by atoms with Gasteiger partial charge in [-0.25, -0.2) is 4.98 Å². The van der Waals surface area contributed by atoms with Gasteiger partial charge >= 0.3 is 0 Å².